The van der Waals surface area contributed by atoms with Crippen molar-refractivity contribution in [2.45, 2.75) is 83.0 Å². The number of carbonyl (C=O) groups is 2. The molecule has 0 unspecified atom stereocenters. The van der Waals surface area contributed by atoms with Gasteiger partial charge in [-0.05, 0) is 33.1 Å². The van der Waals surface area contributed by atoms with Crippen LogP contribution in [0, 0.1) is 5.92 Å². The van der Waals surface area contributed by atoms with Gasteiger partial charge in [0, 0.05) is 7.05 Å². The van der Waals surface area contributed by atoms with Crippen LogP contribution in [0.2, 0.25) is 0 Å². The molecule has 2 atom stereocenters. The third-order valence-electron chi connectivity index (χ3n) is 4.30. The van der Waals surface area contributed by atoms with Crippen molar-refractivity contribution in [3.8, 4) is 0 Å². The molecule has 0 aromatic carbocycles. The first-order chi connectivity index (χ1) is 11.5. The summed E-state index contributed by atoms with van der Waals surface area (Å²) >= 11 is 0. The number of nitrogens with one attached hydrogen (secondary N) is 2. The zero-order valence-electron chi connectivity index (χ0n) is 15.4. The van der Waals surface area contributed by atoms with Crippen LogP contribution in [-0.4, -0.2) is 47.8 Å². The molecule has 0 heterocycles. The number of alkyl carbamates (subject to hydrolysis) is 1. The van der Waals surface area contributed by atoms with Crippen molar-refractivity contribution < 1.29 is 28.2 Å². The molecule has 1 saturated carbocycles. The first kappa shape index (κ1) is 21.6. The minimum atomic E-state index is -4.01. The van der Waals surface area contributed by atoms with Gasteiger partial charge in [0.2, 0.25) is 0 Å². The predicted octanol–water partition coefficient (Wildman–Crippen LogP) is 2.59. The molecule has 3 N–H and O–H groups in total. The molecule has 1 fully saturated rings. The van der Waals surface area contributed by atoms with Crippen LogP contribution in [-0.2, 0) is 9.53 Å². The fraction of sp³-hybridized carbons (Fsp3) is 0.882. The Hall–Kier alpha value is -1.44. The van der Waals surface area contributed by atoms with E-state index >= 15 is 0 Å². The van der Waals surface area contributed by atoms with Gasteiger partial charge in [-0.1, -0.05) is 32.1 Å². The molecule has 1 rings (SSSR count). The molecular formula is C17H30F2N2O4. The Morgan fingerprint density at radius 1 is 1.20 bits per heavy atom. The van der Waals surface area contributed by atoms with Crippen molar-refractivity contribution in [3.63, 3.8) is 0 Å². The Morgan fingerprint density at radius 3 is 2.24 bits per heavy atom. The van der Waals surface area contributed by atoms with Gasteiger partial charge in [-0.15, -0.1) is 0 Å². The molecule has 8 heteroatoms. The Bertz CT molecular complexity index is 460. The lowest BCUT2D eigenvalue weighted by molar-refractivity contribution is -0.167. The molecule has 0 aromatic rings. The third kappa shape index (κ3) is 6.76. The summed E-state index contributed by atoms with van der Waals surface area (Å²) in [6.07, 6.45) is 1.74. The quantitative estimate of drug-likeness (QED) is 0.676. The number of carbonyl (C=O) groups excluding carboxylic acids is 2. The Morgan fingerprint density at radius 2 is 1.76 bits per heavy atom. The molecule has 0 bridgehead atoms. The van der Waals surface area contributed by atoms with E-state index in [0.29, 0.717) is 0 Å². The molecular weight excluding hydrogens is 334 g/mol. The Kier molecular flexibility index (Phi) is 7.59. The Balaban J connectivity index is 2.89. The molecule has 6 nitrogen and oxygen atoms in total. The molecule has 0 saturated heterocycles. The number of aliphatic hydroxyl groups is 1. The lowest BCUT2D eigenvalue weighted by atomic mass is 9.83. The van der Waals surface area contributed by atoms with E-state index in [-0.39, 0.29) is 12.3 Å². The van der Waals surface area contributed by atoms with Gasteiger partial charge in [-0.25, -0.2) is 4.79 Å². The highest BCUT2D eigenvalue weighted by Gasteiger charge is 2.50. The minimum absolute atomic E-state index is 0.115. The van der Waals surface area contributed by atoms with E-state index in [4.69, 9.17) is 4.74 Å². The maximum absolute atomic E-state index is 14.1. The van der Waals surface area contributed by atoms with Crippen LogP contribution in [0.1, 0.15) is 59.3 Å². The minimum Gasteiger partial charge on any atom is -0.444 e. The molecule has 1 aliphatic carbocycles. The van der Waals surface area contributed by atoms with Crippen molar-refractivity contribution in [2.75, 3.05) is 7.05 Å². The molecule has 0 spiro atoms. The average molecular weight is 364 g/mol. The summed E-state index contributed by atoms with van der Waals surface area (Å²) < 4.78 is 33.4. The number of ether oxygens (including phenoxy) is 1. The van der Waals surface area contributed by atoms with E-state index in [2.05, 4.69) is 5.32 Å². The van der Waals surface area contributed by atoms with Gasteiger partial charge in [-0.3, -0.25) is 4.79 Å². The van der Waals surface area contributed by atoms with E-state index in [0.717, 1.165) is 39.2 Å². The second kappa shape index (κ2) is 8.78. The van der Waals surface area contributed by atoms with E-state index in [1.807, 2.05) is 5.32 Å². The highest BCUT2D eigenvalue weighted by Crippen LogP contribution is 2.31. The molecule has 0 radical (unpaired) electrons. The topological polar surface area (TPSA) is 87.7 Å². The zero-order valence-corrected chi connectivity index (χ0v) is 15.4. The summed E-state index contributed by atoms with van der Waals surface area (Å²) in [5, 5.41) is 14.3. The van der Waals surface area contributed by atoms with E-state index in [9.17, 15) is 23.5 Å². The lowest BCUT2D eigenvalue weighted by Crippen LogP contribution is -2.58. The van der Waals surface area contributed by atoms with Crippen LogP contribution in [0.4, 0.5) is 13.6 Å². The summed E-state index contributed by atoms with van der Waals surface area (Å²) in [5.74, 6) is -5.48. The average Bonchev–Trinajstić information content (AvgIpc) is 2.51. The lowest BCUT2D eigenvalue weighted by Gasteiger charge is -2.33. The van der Waals surface area contributed by atoms with Crippen LogP contribution in [0.15, 0.2) is 0 Å². The predicted molar refractivity (Wildman–Crippen MR) is 89.4 cm³/mol. The van der Waals surface area contributed by atoms with Crippen molar-refractivity contribution in [2.24, 2.45) is 5.92 Å². The fourth-order valence-corrected chi connectivity index (χ4v) is 3.06. The summed E-state index contributed by atoms with van der Waals surface area (Å²) in [7, 11) is 1.07. The smallest absolute Gasteiger partial charge is 0.407 e. The van der Waals surface area contributed by atoms with Crippen molar-refractivity contribution in [1.29, 1.82) is 0 Å². The van der Waals surface area contributed by atoms with Crippen molar-refractivity contribution >= 4 is 12.0 Å². The van der Waals surface area contributed by atoms with Crippen molar-refractivity contribution in [3.05, 3.63) is 0 Å². The SMILES string of the molecule is CNC(=O)C(F)(F)[C@@H](O)[C@@H](CC1CCCCC1)NC(=O)OC(C)(C)C. The summed E-state index contributed by atoms with van der Waals surface area (Å²) in [6, 6.07) is -1.27. The molecule has 2 amide bonds. The van der Waals surface area contributed by atoms with Crippen LogP contribution in [0.3, 0.4) is 0 Å². The number of rotatable bonds is 6. The van der Waals surface area contributed by atoms with Gasteiger partial charge < -0.3 is 20.5 Å². The summed E-state index contributed by atoms with van der Waals surface area (Å²) in [6.45, 7) is 4.95. The number of halogens is 2. The largest absolute Gasteiger partial charge is 0.444 e. The highest BCUT2D eigenvalue weighted by atomic mass is 19.3. The van der Waals surface area contributed by atoms with Gasteiger partial charge in [0.15, 0.2) is 0 Å². The van der Waals surface area contributed by atoms with Gasteiger partial charge in [-0.2, -0.15) is 8.78 Å². The van der Waals surface area contributed by atoms with Gasteiger partial charge in [0.1, 0.15) is 11.7 Å². The standard InChI is InChI=1S/C17H30F2N2O4/c1-16(2,3)25-15(24)21-12(10-11-8-6-5-7-9-11)13(22)17(18,19)14(23)20-4/h11-13,22H,5-10H2,1-4H3,(H,20,23)(H,21,24)/t12-,13+/m1/s1. The molecule has 0 aromatic heterocycles. The maximum Gasteiger partial charge on any atom is 0.407 e. The first-order valence-corrected chi connectivity index (χ1v) is 8.75. The van der Waals surface area contributed by atoms with Crippen LogP contribution in [0.5, 0.6) is 0 Å². The van der Waals surface area contributed by atoms with E-state index < -0.39 is 35.7 Å². The maximum atomic E-state index is 14.1. The van der Waals surface area contributed by atoms with E-state index in [1.165, 1.54) is 0 Å². The fourth-order valence-electron chi connectivity index (χ4n) is 3.06. The zero-order chi connectivity index (χ0) is 19.3. The van der Waals surface area contributed by atoms with Gasteiger partial charge in [0.05, 0.1) is 6.04 Å². The van der Waals surface area contributed by atoms with Crippen LogP contribution >= 0.6 is 0 Å². The van der Waals surface area contributed by atoms with Crippen LogP contribution in [0.25, 0.3) is 0 Å². The van der Waals surface area contributed by atoms with Gasteiger partial charge in [0.25, 0.3) is 5.91 Å². The Labute approximate surface area is 147 Å². The number of aliphatic hydroxyl groups excluding tert-OH is 1. The molecule has 25 heavy (non-hydrogen) atoms. The molecule has 0 aliphatic heterocycles. The third-order valence-corrected chi connectivity index (χ3v) is 4.30. The number of amides is 2. The molecule has 146 valence electrons. The second-order valence-electron chi connectivity index (χ2n) is 7.64. The highest BCUT2D eigenvalue weighted by molar-refractivity contribution is 5.84. The number of alkyl halides is 2. The summed E-state index contributed by atoms with van der Waals surface area (Å²) in [5.41, 5.74) is -0.798. The summed E-state index contributed by atoms with van der Waals surface area (Å²) in [4.78, 5) is 23.4. The normalized spacial score (nSPS) is 19.0. The molecule has 1 aliphatic rings. The van der Waals surface area contributed by atoms with E-state index in [1.54, 1.807) is 20.8 Å². The van der Waals surface area contributed by atoms with Crippen LogP contribution < -0.4 is 10.6 Å². The number of hydrogen-bond acceptors (Lipinski definition) is 4. The first-order valence-electron chi connectivity index (χ1n) is 8.75. The van der Waals surface area contributed by atoms with Crippen molar-refractivity contribution in [1.82, 2.24) is 10.6 Å². The monoisotopic (exact) mass is 364 g/mol. The van der Waals surface area contributed by atoms with Gasteiger partial charge >= 0.3 is 12.0 Å². The number of hydrogen-bond donors (Lipinski definition) is 3. The second-order valence-corrected chi connectivity index (χ2v) is 7.64.